The molecule has 30 heavy (non-hydrogen) atoms. The quantitative estimate of drug-likeness (QED) is 0.300. The van der Waals surface area contributed by atoms with E-state index in [2.05, 4.69) is 15.8 Å². The molecule has 0 atom stereocenters. The zero-order chi connectivity index (χ0) is 22.1. The lowest BCUT2D eigenvalue weighted by atomic mass is 10.1. The SMILES string of the molecule is COc1cc(C=NNC(=O)c2ccc(NC(=O)CC(C)C)cc2)ccc1OC(C)=O. The molecule has 0 heterocycles. The number of rotatable bonds is 8. The van der Waals surface area contributed by atoms with E-state index in [0.717, 1.165) is 0 Å². The fourth-order valence-corrected chi connectivity index (χ4v) is 2.52. The van der Waals surface area contributed by atoms with Crippen molar-refractivity contribution in [2.75, 3.05) is 12.4 Å². The Bertz CT molecular complexity index is 936. The average molecular weight is 411 g/mol. The summed E-state index contributed by atoms with van der Waals surface area (Å²) in [7, 11) is 1.46. The predicted molar refractivity (Wildman–Crippen MR) is 114 cm³/mol. The number of nitrogens with zero attached hydrogens (tertiary/aromatic N) is 1. The van der Waals surface area contributed by atoms with E-state index in [1.807, 2.05) is 13.8 Å². The summed E-state index contributed by atoms with van der Waals surface area (Å²) in [5.74, 6) is 0.0253. The molecule has 0 unspecified atom stereocenters. The van der Waals surface area contributed by atoms with Crippen LogP contribution in [0.5, 0.6) is 11.5 Å². The molecular formula is C22H25N3O5. The third-order valence-corrected chi connectivity index (χ3v) is 3.85. The largest absolute Gasteiger partial charge is 0.493 e. The van der Waals surface area contributed by atoms with Gasteiger partial charge in [-0.25, -0.2) is 5.43 Å². The number of hydrogen-bond donors (Lipinski definition) is 2. The smallest absolute Gasteiger partial charge is 0.308 e. The van der Waals surface area contributed by atoms with Crippen molar-refractivity contribution in [3.8, 4) is 11.5 Å². The zero-order valence-electron chi connectivity index (χ0n) is 17.4. The number of esters is 1. The van der Waals surface area contributed by atoms with Gasteiger partial charge in [-0.1, -0.05) is 13.8 Å². The number of carbonyl (C=O) groups is 3. The second kappa shape index (κ2) is 10.8. The van der Waals surface area contributed by atoms with Crippen LogP contribution in [-0.2, 0) is 9.59 Å². The van der Waals surface area contributed by atoms with Gasteiger partial charge < -0.3 is 14.8 Å². The second-order valence-electron chi connectivity index (χ2n) is 6.93. The first-order valence-electron chi connectivity index (χ1n) is 9.38. The van der Waals surface area contributed by atoms with Gasteiger partial charge in [-0.2, -0.15) is 5.10 Å². The molecule has 0 bridgehead atoms. The summed E-state index contributed by atoms with van der Waals surface area (Å²) in [6, 6.07) is 11.4. The van der Waals surface area contributed by atoms with Gasteiger partial charge in [0.2, 0.25) is 5.91 Å². The molecule has 2 N–H and O–H groups in total. The summed E-state index contributed by atoms with van der Waals surface area (Å²) in [6.45, 7) is 5.24. The number of amides is 2. The van der Waals surface area contributed by atoms with Crippen LogP contribution in [0.25, 0.3) is 0 Å². The maximum atomic E-state index is 12.2. The van der Waals surface area contributed by atoms with Crippen molar-refractivity contribution in [1.29, 1.82) is 0 Å². The van der Waals surface area contributed by atoms with Gasteiger partial charge in [0.25, 0.3) is 5.91 Å². The van der Waals surface area contributed by atoms with E-state index in [4.69, 9.17) is 9.47 Å². The molecule has 0 aromatic heterocycles. The van der Waals surface area contributed by atoms with Crippen LogP contribution in [0.3, 0.4) is 0 Å². The van der Waals surface area contributed by atoms with E-state index in [1.165, 1.54) is 20.2 Å². The molecule has 0 fully saturated rings. The maximum Gasteiger partial charge on any atom is 0.308 e. The number of hydrazone groups is 1. The Morgan fingerprint density at radius 3 is 2.37 bits per heavy atom. The number of hydrogen-bond acceptors (Lipinski definition) is 6. The Labute approximate surface area is 175 Å². The molecule has 0 saturated carbocycles. The van der Waals surface area contributed by atoms with E-state index < -0.39 is 11.9 Å². The van der Waals surface area contributed by atoms with Crippen LogP contribution in [0.1, 0.15) is 43.1 Å². The van der Waals surface area contributed by atoms with Crippen molar-refractivity contribution in [2.45, 2.75) is 27.2 Å². The van der Waals surface area contributed by atoms with Gasteiger partial charge in [0, 0.05) is 24.6 Å². The molecule has 0 spiro atoms. The number of ether oxygens (including phenoxy) is 2. The lowest BCUT2D eigenvalue weighted by Gasteiger charge is -2.08. The van der Waals surface area contributed by atoms with Crippen LogP contribution >= 0.6 is 0 Å². The predicted octanol–water partition coefficient (Wildman–Crippen LogP) is 3.37. The number of nitrogens with one attached hydrogen (secondary N) is 2. The van der Waals surface area contributed by atoms with Crippen LogP contribution in [0.2, 0.25) is 0 Å². The first kappa shape index (κ1) is 22.6. The summed E-state index contributed by atoms with van der Waals surface area (Å²) in [5, 5.41) is 6.72. The molecule has 0 aliphatic heterocycles. The minimum absolute atomic E-state index is 0.0676. The van der Waals surface area contributed by atoms with Crippen LogP contribution in [0.4, 0.5) is 5.69 Å². The third kappa shape index (κ3) is 7.05. The normalized spacial score (nSPS) is 10.7. The standard InChI is InChI=1S/C22H25N3O5/c1-14(2)11-21(27)24-18-8-6-17(7-9-18)22(28)25-23-13-16-5-10-19(30-15(3)26)20(12-16)29-4/h5-10,12-14H,11H2,1-4H3,(H,24,27)(H,25,28). The fraction of sp³-hybridized carbons (Fsp3) is 0.273. The fourth-order valence-electron chi connectivity index (χ4n) is 2.52. The molecule has 0 aliphatic rings. The summed E-state index contributed by atoms with van der Waals surface area (Å²) in [6.07, 6.45) is 1.88. The van der Waals surface area contributed by atoms with E-state index in [1.54, 1.807) is 42.5 Å². The van der Waals surface area contributed by atoms with E-state index in [9.17, 15) is 14.4 Å². The summed E-state index contributed by atoms with van der Waals surface area (Å²) in [5.41, 5.74) is 4.11. The Morgan fingerprint density at radius 2 is 1.77 bits per heavy atom. The van der Waals surface area contributed by atoms with Gasteiger partial charge in [-0.3, -0.25) is 14.4 Å². The van der Waals surface area contributed by atoms with Crippen LogP contribution in [0.15, 0.2) is 47.6 Å². The molecule has 0 aliphatic carbocycles. The van der Waals surface area contributed by atoms with Crippen molar-refractivity contribution >= 4 is 29.7 Å². The van der Waals surface area contributed by atoms with Crippen LogP contribution in [0, 0.1) is 5.92 Å². The van der Waals surface area contributed by atoms with Gasteiger partial charge in [-0.05, 0) is 53.9 Å². The number of benzene rings is 2. The number of carbonyl (C=O) groups excluding carboxylic acids is 3. The molecule has 0 radical (unpaired) electrons. The summed E-state index contributed by atoms with van der Waals surface area (Å²) < 4.78 is 10.2. The van der Waals surface area contributed by atoms with Gasteiger partial charge in [0.05, 0.1) is 13.3 Å². The molecule has 2 amide bonds. The highest BCUT2D eigenvalue weighted by atomic mass is 16.6. The average Bonchev–Trinajstić information content (AvgIpc) is 2.68. The van der Waals surface area contributed by atoms with Crippen LogP contribution in [-0.4, -0.2) is 31.1 Å². The Hall–Kier alpha value is -3.68. The monoisotopic (exact) mass is 411 g/mol. The summed E-state index contributed by atoms with van der Waals surface area (Å²) >= 11 is 0. The van der Waals surface area contributed by atoms with E-state index >= 15 is 0 Å². The van der Waals surface area contributed by atoms with E-state index in [0.29, 0.717) is 34.7 Å². The van der Waals surface area contributed by atoms with Crippen molar-refractivity contribution in [3.05, 3.63) is 53.6 Å². The first-order valence-corrected chi connectivity index (χ1v) is 9.38. The lowest BCUT2D eigenvalue weighted by Crippen LogP contribution is -2.18. The second-order valence-corrected chi connectivity index (χ2v) is 6.93. The highest BCUT2D eigenvalue weighted by Crippen LogP contribution is 2.27. The molecule has 0 saturated heterocycles. The van der Waals surface area contributed by atoms with E-state index in [-0.39, 0.29) is 11.8 Å². The number of anilines is 1. The minimum atomic E-state index is -0.451. The lowest BCUT2D eigenvalue weighted by molar-refractivity contribution is -0.132. The maximum absolute atomic E-state index is 12.2. The molecular weight excluding hydrogens is 386 g/mol. The van der Waals surface area contributed by atoms with Gasteiger partial charge in [0.1, 0.15) is 0 Å². The Morgan fingerprint density at radius 1 is 1.07 bits per heavy atom. The first-order chi connectivity index (χ1) is 14.3. The van der Waals surface area contributed by atoms with Gasteiger partial charge >= 0.3 is 5.97 Å². The molecule has 8 heteroatoms. The number of methoxy groups -OCH3 is 1. The zero-order valence-corrected chi connectivity index (χ0v) is 17.4. The Balaban J connectivity index is 1.95. The highest BCUT2D eigenvalue weighted by molar-refractivity contribution is 5.96. The molecule has 2 aromatic carbocycles. The molecule has 2 aromatic rings. The summed E-state index contributed by atoms with van der Waals surface area (Å²) in [4.78, 5) is 35.1. The van der Waals surface area contributed by atoms with Gasteiger partial charge in [-0.15, -0.1) is 0 Å². The molecule has 8 nitrogen and oxygen atoms in total. The van der Waals surface area contributed by atoms with Crippen molar-refractivity contribution in [2.24, 2.45) is 11.0 Å². The van der Waals surface area contributed by atoms with Gasteiger partial charge in [0.15, 0.2) is 11.5 Å². The topological polar surface area (TPSA) is 106 Å². The molecule has 2 rings (SSSR count). The highest BCUT2D eigenvalue weighted by Gasteiger charge is 2.09. The van der Waals surface area contributed by atoms with Crippen molar-refractivity contribution < 1.29 is 23.9 Å². The van der Waals surface area contributed by atoms with Crippen LogP contribution < -0.4 is 20.2 Å². The third-order valence-electron chi connectivity index (χ3n) is 3.85. The Kier molecular flexibility index (Phi) is 8.10. The minimum Gasteiger partial charge on any atom is -0.493 e. The van der Waals surface area contributed by atoms with Crippen molar-refractivity contribution in [1.82, 2.24) is 5.43 Å². The van der Waals surface area contributed by atoms with Crippen molar-refractivity contribution in [3.63, 3.8) is 0 Å². The molecule has 158 valence electrons.